The molecule has 152 valence electrons. The Balaban J connectivity index is 0.00000364. The van der Waals surface area contributed by atoms with E-state index in [1.165, 1.54) is 31.0 Å². The summed E-state index contributed by atoms with van der Waals surface area (Å²) in [5, 5.41) is 6.11. The fourth-order valence-electron chi connectivity index (χ4n) is 3.23. The van der Waals surface area contributed by atoms with E-state index in [0.717, 1.165) is 30.8 Å². The lowest BCUT2D eigenvalue weighted by Gasteiger charge is -2.31. The van der Waals surface area contributed by atoms with Crippen LogP contribution >= 0.6 is 24.2 Å². The van der Waals surface area contributed by atoms with E-state index in [9.17, 15) is 9.59 Å². The SMILES string of the molecule is CCNCCNC(=O)c1ccccc1SCC(=O)N(C)C1CCCCC1.Cl. The van der Waals surface area contributed by atoms with Crippen LogP contribution in [0.15, 0.2) is 29.2 Å². The van der Waals surface area contributed by atoms with Crippen LogP contribution < -0.4 is 10.6 Å². The number of hydrogen-bond acceptors (Lipinski definition) is 4. The van der Waals surface area contributed by atoms with Crippen molar-refractivity contribution in [3.05, 3.63) is 29.8 Å². The minimum absolute atomic E-state index is 0. The van der Waals surface area contributed by atoms with Crippen LogP contribution in [0.1, 0.15) is 49.4 Å². The fourth-order valence-corrected chi connectivity index (χ4v) is 4.20. The van der Waals surface area contributed by atoms with Gasteiger partial charge in [-0.05, 0) is 31.5 Å². The van der Waals surface area contributed by atoms with Crippen LogP contribution in [0.25, 0.3) is 0 Å². The number of carbonyl (C=O) groups excluding carboxylic acids is 2. The van der Waals surface area contributed by atoms with Crippen LogP contribution in [0, 0.1) is 0 Å². The molecule has 0 saturated heterocycles. The fraction of sp³-hybridized carbons (Fsp3) is 0.600. The summed E-state index contributed by atoms with van der Waals surface area (Å²) in [6.07, 6.45) is 5.93. The highest BCUT2D eigenvalue weighted by Gasteiger charge is 2.22. The molecule has 0 atom stereocenters. The van der Waals surface area contributed by atoms with Crippen molar-refractivity contribution in [1.82, 2.24) is 15.5 Å². The summed E-state index contributed by atoms with van der Waals surface area (Å²) in [5.41, 5.74) is 0.641. The number of nitrogens with zero attached hydrogens (tertiary/aromatic N) is 1. The monoisotopic (exact) mass is 413 g/mol. The summed E-state index contributed by atoms with van der Waals surface area (Å²) in [4.78, 5) is 27.7. The van der Waals surface area contributed by atoms with Crippen LogP contribution in [0.5, 0.6) is 0 Å². The quantitative estimate of drug-likeness (QED) is 0.481. The van der Waals surface area contributed by atoms with E-state index in [2.05, 4.69) is 10.6 Å². The second kappa shape index (κ2) is 13.0. The van der Waals surface area contributed by atoms with Gasteiger partial charge in [0.05, 0.1) is 11.3 Å². The number of amides is 2. The number of halogens is 1. The van der Waals surface area contributed by atoms with Gasteiger partial charge in [-0.15, -0.1) is 24.2 Å². The highest BCUT2D eigenvalue weighted by atomic mass is 35.5. The lowest BCUT2D eigenvalue weighted by Crippen LogP contribution is -2.39. The number of likely N-dealkylation sites (N-methyl/N-ethyl adjacent to an activating group) is 1. The van der Waals surface area contributed by atoms with Crippen molar-refractivity contribution in [2.75, 3.05) is 32.4 Å². The Morgan fingerprint density at radius 2 is 1.85 bits per heavy atom. The molecule has 0 aromatic heterocycles. The molecule has 1 fully saturated rings. The molecule has 5 nitrogen and oxygen atoms in total. The second-order valence-corrected chi connectivity index (χ2v) is 7.71. The molecule has 0 bridgehead atoms. The molecule has 1 aliphatic rings. The highest BCUT2D eigenvalue weighted by molar-refractivity contribution is 8.00. The number of rotatable bonds is 9. The molecule has 7 heteroatoms. The van der Waals surface area contributed by atoms with Gasteiger partial charge in [-0.2, -0.15) is 0 Å². The molecule has 0 radical (unpaired) electrons. The van der Waals surface area contributed by atoms with Gasteiger partial charge in [0, 0.05) is 31.1 Å². The van der Waals surface area contributed by atoms with Gasteiger partial charge in [-0.1, -0.05) is 38.3 Å². The first kappa shape index (κ1) is 23.8. The summed E-state index contributed by atoms with van der Waals surface area (Å²) < 4.78 is 0. The molecule has 2 amide bonds. The van der Waals surface area contributed by atoms with Crippen molar-refractivity contribution in [3.8, 4) is 0 Å². The summed E-state index contributed by atoms with van der Waals surface area (Å²) in [6, 6.07) is 7.88. The first-order chi connectivity index (χ1) is 12.6. The highest BCUT2D eigenvalue weighted by Crippen LogP contribution is 2.25. The third-order valence-electron chi connectivity index (χ3n) is 4.84. The van der Waals surface area contributed by atoms with Gasteiger partial charge in [0.1, 0.15) is 0 Å². The molecule has 2 rings (SSSR count). The molecule has 1 saturated carbocycles. The minimum atomic E-state index is -0.0842. The Morgan fingerprint density at radius 1 is 1.15 bits per heavy atom. The van der Waals surface area contributed by atoms with E-state index in [-0.39, 0.29) is 24.2 Å². The zero-order valence-corrected chi connectivity index (χ0v) is 18.0. The maximum absolute atomic E-state index is 12.5. The summed E-state index contributed by atoms with van der Waals surface area (Å²) >= 11 is 1.45. The molecule has 0 spiro atoms. The largest absolute Gasteiger partial charge is 0.351 e. The first-order valence-corrected chi connectivity index (χ1v) is 10.6. The summed E-state index contributed by atoms with van der Waals surface area (Å²) in [6.45, 7) is 4.27. The molecule has 0 aliphatic heterocycles. The zero-order chi connectivity index (χ0) is 18.8. The van der Waals surface area contributed by atoms with Crippen LogP contribution in [-0.4, -0.2) is 55.2 Å². The number of thioether (sulfide) groups is 1. The molecular weight excluding hydrogens is 382 g/mol. The Hall–Kier alpha value is -1.24. The topological polar surface area (TPSA) is 61.4 Å². The van der Waals surface area contributed by atoms with Crippen LogP contribution in [0.4, 0.5) is 0 Å². The van der Waals surface area contributed by atoms with E-state index in [0.29, 0.717) is 23.9 Å². The normalized spacial score (nSPS) is 14.3. The van der Waals surface area contributed by atoms with E-state index in [1.807, 2.05) is 43.1 Å². The van der Waals surface area contributed by atoms with Gasteiger partial charge in [-0.25, -0.2) is 0 Å². The zero-order valence-electron chi connectivity index (χ0n) is 16.3. The average Bonchev–Trinajstić information content (AvgIpc) is 2.69. The van der Waals surface area contributed by atoms with Crippen LogP contribution in [0.3, 0.4) is 0 Å². The van der Waals surface area contributed by atoms with Crippen LogP contribution in [0.2, 0.25) is 0 Å². The van der Waals surface area contributed by atoms with Crippen molar-refractivity contribution in [1.29, 1.82) is 0 Å². The maximum atomic E-state index is 12.5. The molecule has 0 heterocycles. The van der Waals surface area contributed by atoms with Crippen molar-refractivity contribution < 1.29 is 9.59 Å². The van der Waals surface area contributed by atoms with Crippen molar-refractivity contribution in [3.63, 3.8) is 0 Å². The number of carbonyl (C=O) groups is 2. The standard InChI is InChI=1S/C20H31N3O2S.ClH/c1-3-21-13-14-22-20(25)17-11-7-8-12-18(17)26-15-19(24)23(2)16-9-5-4-6-10-16;/h7-8,11-12,16,21H,3-6,9-10,13-15H2,1-2H3,(H,22,25);1H. The van der Waals surface area contributed by atoms with E-state index in [4.69, 9.17) is 0 Å². The molecular formula is C20H32ClN3O2S. The van der Waals surface area contributed by atoms with E-state index < -0.39 is 0 Å². The van der Waals surface area contributed by atoms with Gasteiger partial charge < -0.3 is 15.5 Å². The first-order valence-electron chi connectivity index (χ1n) is 9.60. The molecule has 2 N–H and O–H groups in total. The lowest BCUT2D eigenvalue weighted by molar-refractivity contribution is -0.129. The predicted molar refractivity (Wildman–Crippen MR) is 115 cm³/mol. The Bertz CT molecular complexity index is 594. The second-order valence-electron chi connectivity index (χ2n) is 6.69. The van der Waals surface area contributed by atoms with Gasteiger partial charge in [0.2, 0.25) is 5.91 Å². The third kappa shape index (κ3) is 7.72. The number of benzene rings is 1. The lowest BCUT2D eigenvalue weighted by atomic mass is 9.94. The molecule has 1 aromatic carbocycles. The van der Waals surface area contributed by atoms with E-state index >= 15 is 0 Å². The van der Waals surface area contributed by atoms with Gasteiger partial charge in [0.25, 0.3) is 5.91 Å². The van der Waals surface area contributed by atoms with Crippen molar-refractivity contribution in [2.45, 2.75) is 50.0 Å². The molecule has 1 aromatic rings. The Morgan fingerprint density at radius 3 is 2.56 bits per heavy atom. The van der Waals surface area contributed by atoms with Gasteiger partial charge in [-0.3, -0.25) is 9.59 Å². The summed E-state index contributed by atoms with van der Waals surface area (Å²) in [5.74, 6) is 0.428. The van der Waals surface area contributed by atoms with Crippen LogP contribution in [-0.2, 0) is 4.79 Å². The van der Waals surface area contributed by atoms with Gasteiger partial charge in [0.15, 0.2) is 0 Å². The van der Waals surface area contributed by atoms with Crippen molar-refractivity contribution in [2.24, 2.45) is 0 Å². The van der Waals surface area contributed by atoms with Gasteiger partial charge >= 0.3 is 0 Å². The number of hydrogen-bond donors (Lipinski definition) is 2. The minimum Gasteiger partial charge on any atom is -0.351 e. The van der Waals surface area contributed by atoms with E-state index in [1.54, 1.807) is 0 Å². The average molecular weight is 414 g/mol. The Kier molecular flexibility index (Phi) is 11.5. The predicted octanol–water partition coefficient (Wildman–Crippen LogP) is 3.33. The molecule has 27 heavy (non-hydrogen) atoms. The van der Waals surface area contributed by atoms with Crippen molar-refractivity contribution >= 4 is 36.0 Å². The molecule has 1 aliphatic carbocycles. The number of nitrogens with one attached hydrogen (secondary N) is 2. The smallest absolute Gasteiger partial charge is 0.252 e. The molecule has 0 unspecified atom stereocenters. The Labute approximate surface area is 173 Å². The maximum Gasteiger partial charge on any atom is 0.252 e. The third-order valence-corrected chi connectivity index (χ3v) is 5.89. The summed E-state index contributed by atoms with van der Waals surface area (Å²) in [7, 11) is 1.91.